The van der Waals surface area contributed by atoms with Crippen LogP contribution in [-0.2, 0) is 27.1 Å². The number of methoxy groups -OCH3 is 2. The molecule has 0 heterocycles. The first-order valence-electron chi connectivity index (χ1n) is 8.77. The molecule has 0 aromatic heterocycles. The summed E-state index contributed by atoms with van der Waals surface area (Å²) < 4.78 is 21.6. The molecule has 1 rings (SSSR count). The van der Waals surface area contributed by atoms with Gasteiger partial charge in [0.05, 0.1) is 13.2 Å². The summed E-state index contributed by atoms with van der Waals surface area (Å²) in [5.41, 5.74) is 2.14. The monoisotopic (exact) mass is 340 g/mol. The minimum Gasteiger partial charge on any atom is -0.508 e. The Bertz CT molecular complexity index is 432. The smallest absolute Gasteiger partial charge is 0.180 e. The van der Waals surface area contributed by atoms with Crippen LogP contribution in [0.3, 0.4) is 0 Å². The predicted molar refractivity (Wildman–Crippen MR) is 94.8 cm³/mol. The highest BCUT2D eigenvalue weighted by molar-refractivity contribution is 5.47. The summed E-state index contributed by atoms with van der Waals surface area (Å²) >= 11 is 0. The molecule has 0 bridgehead atoms. The van der Waals surface area contributed by atoms with Gasteiger partial charge in [-0.3, -0.25) is 0 Å². The molecule has 0 aliphatic heterocycles. The summed E-state index contributed by atoms with van der Waals surface area (Å²) in [6.45, 7) is 5.99. The molecular weight excluding hydrogens is 308 g/mol. The number of rotatable bonds is 13. The lowest BCUT2D eigenvalue weighted by molar-refractivity contribution is -0.140. The van der Waals surface area contributed by atoms with Gasteiger partial charge in [0.1, 0.15) is 11.5 Å². The van der Waals surface area contributed by atoms with Gasteiger partial charge in [0.25, 0.3) is 0 Å². The highest BCUT2D eigenvalue weighted by Gasteiger charge is 2.10. The zero-order valence-electron chi connectivity index (χ0n) is 15.5. The van der Waals surface area contributed by atoms with E-state index >= 15 is 0 Å². The van der Waals surface area contributed by atoms with Gasteiger partial charge in [-0.1, -0.05) is 13.8 Å². The average Bonchev–Trinajstić information content (AvgIpc) is 2.60. The van der Waals surface area contributed by atoms with E-state index in [9.17, 15) is 5.11 Å². The molecule has 0 spiro atoms. The van der Waals surface area contributed by atoms with Crippen LogP contribution >= 0.6 is 0 Å². The third-order valence-electron chi connectivity index (χ3n) is 3.95. The van der Waals surface area contributed by atoms with Gasteiger partial charge in [0.2, 0.25) is 0 Å². The second-order valence-corrected chi connectivity index (χ2v) is 5.69. The van der Waals surface area contributed by atoms with E-state index in [4.69, 9.17) is 18.9 Å². The van der Waals surface area contributed by atoms with Gasteiger partial charge in [-0.25, -0.2) is 0 Å². The molecule has 1 aromatic rings. The second kappa shape index (κ2) is 12.1. The molecule has 0 unspecified atom stereocenters. The Kier molecular flexibility index (Phi) is 10.5. The summed E-state index contributed by atoms with van der Waals surface area (Å²) in [7, 11) is 3.21. The van der Waals surface area contributed by atoms with E-state index < -0.39 is 0 Å². The highest BCUT2D eigenvalue weighted by atomic mass is 16.7. The number of phenols is 1. The summed E-state index contributed by atoms with van der Waals surface area (Å²) in [4.78, 5) is 0. The summed E-state index contributed by atoms with van der Waals surface area (Å²) in [6, 6.07) is 3.59. The van der Waals surface area contributed by atoms with Crippen molar-refractivity contribution in [3.05, 3.63) is 23.3 Å². The molecule has 0 fully saturated rings. The molecule has 0 aliphatic rings. The van der Waals surface area contributed by atoms with Crippen molar-refractivity contribution in [2.45, 2.75) is 52.2 Å². The SMILES string of the molecule is CCc1cc(O)cc(CC)c1OCCCCCOCC(OC)OC. The molecule has 1 aromatic carbocycles. The Morgan fingerprint density at radius 2 is 1.50 bits per heavy atom. The van der Waals surface area contributed by atoms with Gasteiger partial charge in [0.15, 0.2) is 6.29 Å². The molecule has 5 nitrogen and oxygen atoms in total. The molecule has 0 aliphatic carbocycles. The lowest BCUT2D eigenvalue weighted by atomic mass is 10.0. The predicted octanol–water partition coefficient (Wildman–Crippen LogP) is 3.70. The Morgan fingerprint density at radius 3 is 2.04 bits per heavy atom. The molecule has 138 valence electrons. The van der Waals surface area contributed by atoms with E-state index in [2.05, 4.69) is 13.8 Å². The molecular formula is C19H32O5. The number of aryl methyl sites for hydroxylation is 2. The maximum absolute atomic E-state index is 9.76. The number of hydrogen-bond acceptors (Lipinski definition) is 5. The van der Waals surface area contributed by atoms with Crippen molar-refractivity contribution in [3.63, 3.8) is 0 Å². The number of benzene rings is 1. The average molecular weight is 340 g/mol. The van der Waals surface area contributed by atoms with E-state index in [1.807, 2.05) is 0 Å². The van der Waals surface area contributed by atoms with Crippen molar-refractivity contribution < 1.29 is 24.1 Å². The molecule has 1 N–H and O–H groups in total. The van der Waals surface area contributed by atoms with Crippen LogP contribution in [0.25, 0.3) is 0 Å². The molecule has 0 saturated carbocycles. The van der Waals surface area contributed by atoms with Gasteiger partial charge < -0.3 is 24.1 Å². The topological polar surface area (TPSA) is 57.2 Å². The Morgan fingerprint density at radius 1 is 0.917 bits per heavy atom. The Labute approximate surface area is 145 Å². The molecule has 0 atom stereocenters. The standard InChI is InChI=1S/C19H32O5/c1-5-15-12-17(20)13-16(6-2)19(15)24-11-9-7-8-10-23-14-18(21-3)22-4/h12-13,18,20H,5-11,14H2,1-4H3. The zero-order chi connectivity index (χ0) is 17.8. The van der Waals surface area contributed by atoms with E-state index in [0.29, 0.717) is 25.6 Å². The summed E-state index contributed by atoms with van der Waals surface area (Å²) in [5, 5.41) is 9.76. The first-order chi connectivity index (χ1) is 11.7. The third-order valence-corrected chi connectivity index (χ3v) is 3.95. The van der Waals surface area contributed by atoms with Gasteiger partial charge in [-0.2, -0.15) is 0 Å². The van der Waals surface area contributed by atoms with Crippen molar-refractivity contribution >= 4 is 0 Å². The lowest BCUT2D eigenvalue weighted by Gasteiger charge is -2.15. The largest absolute Gasteiger partial charge is 0.508 e. The first-order valence-corrected chi connectivity index (χ1v) is 8.77. The number of ether oxygens (including phenoxy) is 4. The summed E-state index contributed by atoms with van der Waals surface area (Å²) in [6.07, 6.45) is 4.43. The van der Waals surface area contributed by atoms with Gasteiger partial charge in [0, 0.05) is 20.8 Å². The number of unbranched alkanes of at least 4 members (excludes halogenated alkanes) is 2. The van der Waals surface area contributed by atoms with Crippen LogP contribution in [0, 0.1) is 0 Å². The fourth-order valence-corrected chi connectivity index (χ4v) is 2.52. The molecule has 0 saturated heterocycles. The van der Waals surface area contributed by atoms with Gasteiger partial charge >= 0.3 is 0 Å². The Hall–Kier alpha value is -1.30. The van der Waals surface area contributed by atoms with Crippen molar-refractivity contribution in [3.8, 4) is 11.5 Å². The fraction of sp³-hybridized carbons (Fsp3) is 0.684. The van der Waals surface area contributed by atoms with Crippen molar-refractivity contribution in [1.29, 1.82) is 0 Å². The van der Waals surface area contributed by atoms with E-state index in [-0.39, 0.29) is 6.29 Å². The van der Waals surface area contributed by atoms with Gasteiger partial charge in [-0.05, 0) is 55.4 Å². The molecule has 0 amide bonds. The van der Waals surface area contributed by atoms with Crippen molar-refractivity contribution in [2.75, 3.05) is 34.0 Å². The number of hydrogen-bond donors (Lipinski definition) is 1. The van der Waals surface area contributed by atoms with Crippen LogP contribution in [-0.4, -0.2) is 45.4 Å². The van der Waals surface area contributed by atoms with Crippen LogP contribution in [0.4, 0.5) is 0 Å². The van der Waals surface area contributed by atoms with Crippen molar-refractivity contribution in [1.82, 2.24) is 0 Å². The maximum Gasteiger partial charge on any atom is 0.180 e. The minimum atomic E-state index is -0.289. The lowest BCUT2D eigenvalue weighted by Crippen LogP contribution is -2.20. The van der Waals surface area contributed by atoms with E-state index in [1.165, 1.54) is 0 Å². The van der Waals surface area contributed by atoms with Crippen LogP contribution in [0.5, 0.6) is 11.5 Å². The normalized spacial score (nSPS) is 11.2. The van der Waals surface area contributed by atoms with Crippen LogP contribution in [0.2, 0.25) is 0 Å². The highest BCUT2D eigenvalue weighted by Crippen LogP contribution is 2.30. The number of aromatic hydroxyl groups is 1. The molecule has 24 heavy (non-hydrogen) atoms. The molecule has 0 radical (unpaired) electrons. The minimum absolute atomic E-state index is 0.289. The first kappa shape index (κ1) is 20.7. The maximum atomic E-state index is 9.76. The van der Waals surface area contributed by atoms with E-state index in [1.54, 1.807) is 26.4 Å². The van der Waals surface area contributed by atoms with Crippen LogP contribution < -0.4 is 4.74 Å². The number of phenolic OH excluding ortho intramolecular Hbond substituents is 1. The fourth-order valence-electron chi connectivity index (χ4n) is 2.52. The quantitative estimate of drug-likeness (QED) is 0.438. The second-order valence-electron chi connectivity index (χ2n) is 5.69. The Balaban J connectivity index is 2.26. The third kappa shape index (κ3) is 7.07. The molecule has 5 heteroatoms. The van der Waals surface area contributed by atoms with E-state index in [0.717, 1.165) is 49.0 Å². The van der Waals surface area contributed by atoms with Crippen LogP contribution in [0.1, 0.15) is 44.2 Å². The van der Waals surface area contributed by atoms with Gasteiger partial charge in [-0.15, -0.1) is 0 Å². The van der Waals surface area contributed by atoms with Crippen molar-refractivity contribution in [2.24, 2.45) is 0 Å². The zero-order valence-corrected chi connectivity index (χ0v) is 15.5. The van der Waals surface area contributed by atoms with Crippen LogP contribution in [0.15, 0.2) is 12.1 Å². The summed E-state index contributed by atoms with van der Waals surface area (Å²) in [5.74, 6) is 1.26.